The first-order valence-corrected chi connectivity index (χ1v) is 7.37. The van der Waals surface area contributed by atoms with Gasteiger partial charge in [-0.25, -0.2) is 4.74 Å². The van der Waals surface area contributed by atoms with Crippen LogP contribution in [0.25, 0.3) is 0 Å². The van der Waals surface area contributed by atoms with Gasteiger partial charge in [-0.05, 0) is 6.42 Å². The minimum atomic E-state index is -5.03. The van der Waals surface area contributed by atoms with Gasteiger partial charge in [0.2, 0.25) is 0 Å². The lowest BCUT2D eigenvalue weighted by Gasteiger charge is -2.36. The van der Waals surface area contributed by atoms with E-state index in [4.69, 9.17) is 0 Å². The molecule has 0 bridgehead atoms. The molecule has 0 aliphatic rings. The van der Waals surface area contributed by atoms with Crippen LogP contribution in [0.2, 0.25) is 0 Å². The number of rotatable bonds is 9. The highest BCUT2D eigenvalue weighted by Crippen LogP contribution is 2.42. The van der Waals surface area contributed by atoms with Gasteiger partial charge in [0.05, 0.1) is 10.3 Å². The van der Waals surface area contributed by atoms with E-state index in [1.165, 1.54) is 20.8 Å². The second-order valence-electron chi connectivity index (χ2n) is 6.36. The first kappa shape index (κ1) is 20.1. The molecule has 21 heavy (non-hydrogen) atoms. The molecule has 0 N–H and O–H groups in total. The maximum absolute atomic E-state index is 12.6. The van der Waals surface area contributed by atoms with E-state index in [1.807, 2.05) is 0 Å². The van der Waals surface area contributed by atoms with Crippen LogP contribution < -0.4 is 0 Å². The molecule has 7 heteroatoms. The summed E-state index contributed by atoms with van der Waals surface area (Å²) in [7, 11) is 0. The molecular weight excluding hydrogens is 287 g/mol. The number of halogens is 3. The lowest BCUT2D eigenvalue weighted by molar-refractivity contribution is -0.679. The lowest BCUT2D eigenvalue weighted by atomic mass is 9.80. The van der Waals surface area contributed by atoms with Crippen LogP contribution in [0.1, 0.15) is 72.6 Å². The Labute approximate surface area is 124 Å². The van der Waals surface area contributed by atoms with Crippen LogP contribution in [0.3, 0.4) is 0 Å². The maximum atomic E-state index is 12.6. The predicted molar refractivity (Wildman–Crippen MR) is 74.3 cm³/mol. The highest BCUT2D eigenvalue weighted by atomic mass is 19.4. The van der Waals surface area contributed by atoms with Gasteiger partial charge in [-0.3, -0.25) is 10.1 Å². The van der Waals surface area contributed by atoms with Gasteiger partial charge < -0.3 is 0 Å². The molecule has 0 aromatic heterocycles. The van der Waals surface area contributed by atoms with E-state index in [9.17, 15) is 23.3 Å². The second-order valence-corrected chi connectivity index (χ2v) is 6.36. The molecule has 0 aliphatic heterocycles. The van der Waals surface area contributed by atoms with Gasteiger partial charge >= 0.3 is 12.1 Å². The molecule has 1 atom stereocenters. The van der Waals surface area contributed by atoms with Crippen molar-refractivity contribution in [2.45, 2.75) is 84.7 Å². The summed E-state index contributed by atoms with van der Waals surface area (Å²) in [6.45, 7) is 6.27. The fraction of sp³-hybridized carbons (Fsp3) is 1.00. The molecule has 0 amide bonds. The van der Waals surface area contributed by atoms with E-state index in [0.29, 0.717) is 12.8 Å². The molecular formula is C14H26F3NO3. The standard InChI is InChI=1S/C14H26F3NO3/c1-5-6-7-8-9-10-11-13(18(19)20,12(2,3)4)21-14(15,16)17/h5-11H2,1-4H3. The Morgan fingerprint density at radius 1 is 1.00 bits per heavy atom. The number of hydrogen-bond acceptors (Lipinski definition) is 3. The van der Waals surface area contributed by atoms with Gasteiger partial charge in [0.15, 0.2) is 0 Å². The summed E-state index contributed by atoms with van der Waals surface area (Å²) in [4.78, 5) is 10.4. The molecule has 0 aromatic rings. The summed E-state index contributed by atoms with van der Waals surface area (Å²) in [6, 6.07) is 0. The van der Waals surface area contributed by atoms with Crippen LogP contribution in [-0.4, -0.2) is 17.0 Å². The monoisotopic (exact) mass is 313 g/mol. The average Bonchev–Trinajstić information content (AvgIpc) is 2.28. The second kappa shape index (κ2) is 7.96. The van der Waals surface area contributed by atoms with Crippen LogP contribution in [0.4, 0.5) is 13.2 Å². The zero-order chi connectivity index (χ0) is 16.7. The maximum Gasteiger partial charge on any atom is 0.527 e. The largest absolute Gasteiger partial charge is 0.527 e. The van der Waals surface area contributed by atoms with Crippen molar-refractivity contribution in [3.05, 3.63) is 10.1 Å². The van der Waals surface area contributed by atoms with E-state index in [1.54, 1.807) is 0 Å². The fourth-order valence-electron chi connectivity index (χ4n) is 2.32. The van der Waals surface area contributed by atoms with Crippen molar-refractivity contribution in [3.63, 3.8) is 0 Å². The summed E-state index contributed by atoms with van der Waals surface area (Å²) in [5, 5.41) is 11.3. The summed E-state index contributed by atoms with van der Waals surface area (Å²) in [5.74, 6) is 0. The summed E-state index contributed by atoms with van der Waals surface area (Å²) < 4.78 is 41.8. The molecule has 1 unspecified atom stereocenters. The molecule has 0 fully saturated rings. The van der Waals surface area contributed by atoms with Crippen molar-refractivity contribution in [2.24, 2.45) is 5.41 Å². The summed E-state index contributed by atoms with van der Waals surface area (Å²) in [5.41, 5.74) is -3.69. The number of hydrogen-bond donors (Lipinski definition) is 0. The van der Waals surface area contributed by atoms with E-state index >= 15 is 0 Å². The van der Waals surface area contributed by atoms with Gasteiger partial charge in [0.1, 0.15) is 0 Å². The van der Waals surface area contributed by atoms with Gasteiger partial charge in [0.25, 0.3) is 0 Å². The number of unbranched alkanes of at least 4 members (excludes halogenated alkanes) is 5. The Kier molecular flexibility index (Phi) is 7.64. The molecule has 0 spiro atoms. The van der Waals surface area contributed by atoms with Crippen LogP contribution in [-0.2, 0) is 4.74 Å². The molecule has 0 aromatic carbocycles. The van der Waals surface area contributed by atoms with Gasteiger partial charge in [0, 0.05) is 6.42 Å². The molecule has 0 aliphatic carbocycles. The fourth-order valence-corrected chi connectivity index (χ4v) is 2.32. The quantitative estimate of drug-likeness (QED) is 0.251. The van der Waals surface area contributed by atoms with E-state index in [0.717, 1.165) is 25.7 Å². The molecule has 0 heterocycles. The van der Waals surface area contributed by atoms with Gasteiger partial charge in [-0.15, -0.1) is 13.2 Å². The Morgan fingerprint density at radius 2 is 1.48 bits per heavy atom. The third-order valence-electron chi connectivity index (χ3n) is 3.62. The predicted octanol–water partition coefficient (Wildman–Crippen LogP) is 5.29. The Morgan fingerprint density at radius 3 is 1.86 bits per heavy atom. The highest BCUT2D eigenvalue weighted by molar-refractivity contribution is 4.83. The number of nitrogens with zero attached hydrogens (tertiary/aromatic N) is 1. The van der Waals surface area contributed by atoms with Gasteiger partial charge in [-0.2, -0.15) is 0 Å². The number of ether oxygens (including phenoxy) is 1. The zero-order valence-corrected chi connectivity index (χ0v) is 13.3. The Balaban J connectivity index is 4.84. The van der Waals surface area contributed by atoms with Crippen molar-refractivity contribution < 1.29 is 22.8 Å². The third kappa shape index (κ3) is 6.63. The number of nitro groups is 1. The summed E-state index contributed by atoms with van der Waals surface area (Å²) >= 11 is 0. The first-order chi connectivity index (χ1) is 9.46. The summed E-state index contributed by atoms with van der Waals surface area (Å²) in [6.07, 6.45) is -0.241. The first-order valence-electron chi connectivity index (χ1n) is 7.37. The molecule has 4 nitrogen and oxygen atoms in total. The lowest BCUT2D eigenvalue weighted by Crippen LogP contribution is -2.54. The van der Waals surface area contributed by atoms with Crippen LogP contribution in [0.5, 0.6) is 0 Å². The Hall–Kier alpha value is -0.850. The van der Waals surface area contributed by atoms with Crippen molar-refractivity contribution in [1.82, 2.24) is 0 Å². The van der Waals surface area contributed by atoms with Crippen molar-refractivity contribution in [2.75, 3.05) is 0 Å². The van der Waals surface area contributed by atoms with E-state index < -0.39 is 22.4 Å². The zero-order valence-electron chi connectivity index (χ0n) is 13.3. The molecule has 0 saturated carbocycles. The average molecular weight is 313 g/mol. The SMILES string of the molecule is CCCCCCCCC(OC(F)(F)F)([N+](=O)[O-])C(C)(C)C. The highest BCUT2D eigenvalue weighted by Gasteiger charge is 2.60. The minimum Gasteiger partial charge on any atom is -0.262 e. The number of alkyl halides is 3. The van der Waals surface area contributed by atoms with Crippen molar-refractivity contribution in [1.29, 1.82) is 0 Å². The Bertz CT molecular complexity index is 326. The normalized spacial score (nSPS) is 15.8. The third-order valence-corrected chi connectivity index (χ3v) is 3.62. The minimum absolute atomic E-state index is 0.241. The van der Waals surface area contributed by atoms with Crippen molar-refractivity contribution >= 4 is 0 Å². The van der Waals surface area contributed by atoms with Gasteiger partial charge in [-0.1, -0.05) is 59.8 Å². The molecule has 0 radical (unpaired) electrons. The molecule has 0 rings (SSSR count). The van der Waals surface area contributed by atoms with Crippen LogP contribution in [0.15, 0.2) is 0 Å². The smallest absolute Gasteiger partial charge is 0.262 e. The molecule has 126 valence electrons. The van der Waals surface area contributed by atoms with Crippen LogP contribution >= 0.6 is 0 Å². The van der Waals surface area contributed by atoms with E-state index in [-0.39, 0.29) is 6.42 Å². The topological polar surface area (TPSA) is 52.4 Å². The molecule has 0 saturated heterocycles. The van der Waals surface area contributed by atoms with Crippen molar-refractivity contribution in [3.8, 4) is 0 Å². The van der Waals surface area contributed by atoms with E-state index in [2.05, 4.69) is 11.7 Å². The van der Waals surface area contributed by atoms with Crippen LogP contribution in [0, 0.1) is 15.5 Å².